The van der Waals surface area contributed by atoms with E-state index in [1.54, 1.807) is 0 Å². The van der Waals surface area contributed by atoms with Gasteiger partial charge in [0.05, 0.1) is 5.92 Å². The lowest BCUT2D eigenvalue weighted by Crippen LogP contribution is -2.33. The molecule has 3 heteroatoms. The second-order valence-corrected chi connectivity index (χ2v) is 4.79. The van der Waals surface area contributed by atoms with Gasteiger partial charge in [-0.1, -0.05) is 36.8 Å². The van der Waals surface area contributed by atoms with Crippen LogP contribution in [0.5, 0.6) is 0 Å². The molecule has 1 aliphatic rings. The second kappa shape index (κ2) is 6.34. The first-order valence-corrected chi connectivity index (χ1v) is 6.62. The van der Waals surface area contributed by atoms with Gasteiger partial charge in [0.1, 0.15) is 5.78 Å². The van der Waals surface area contributed by atoms with Crippen LogP contribution >= 0.6 is 0 Å². The molecule has 0 aromatic heterocycles. The number of benzene rings is 1. The van der Waals surface area contributed by atoms with Crippen molar-refractivity contribution < 1.29 is 9.59 Å². The standard InChI is InChI=1S/C15H19NO2/c17-14(10-9-12-6-2-1-3-7-12)13-8-4-5-11-16-15(13)18/h1-3,6-7,13H,4-5,8-11H2,(H,16,18). The summed E-state index contributed by atoms with van der Waals surface area (Å²) in [5.74, 6) is -0.417. The fraction of sp³-hybridized carbons (Fsp3) is 0.467. The third-order valence-corrected chi connectivity index (χ3v) is 3.43. The highest BCUT2D eigenvalue weighted by Gasteiger charge is 2.26. The molecule has 1 heterocycles. The summed E-state index contributed by atoms with van der Waals surface area (Å²) in [5, 5.41) is 2.81. The lowest BCUT2D eigenvalue weighted by Gasteiger charge is -2.11. The Labute approximate surface area is 108 Å². The molecule has 1 fully saturated rings. The smallest absolute Gasteiger partial charge is 0.230 e. The second-order valence-electron chi connectivity index (χ2n) is 4.79. The van der Waals surface area contributed by atoms with E-state index in [-0.39, 0.29) is 11.7 Å². The summed E-state index contributed by atoms with van der Waals surface area (Å²) in [6.07, 6.45) is 3.83. The molecule has 3 nitrogen and oxygen atoms in total. The van der Waals surface area contributed by atoms with Crippen molar-refractivity contribution in [2.45, 2.75) is 32.1 Å². The van der Waals surface area contributed by atoms with E-state index in [1.165, 1.54) is 0 Å². The molecule has 1 amide bonds. The maximum atomic E-state index is 12.1. The van der Waals surface area contributed by atoms with E-state index in [0.29, 0.717) is 19.4 Å². The average molecular weight is 245 g/mol. The Kier molecular flexibility index (Phi) is 4.51. The zero-order valence-electron chi connectivity index (χ0n) is 10.5. The Morgan fingerprint density at radius 3 is 2.78 bits per heavy atom. The Morgan fingerprint density at radius 2 is 2.00 bits per heavy atom. The van der Waals surface area contributed by atoms with Crippen molar-refractivity contribution in [3.8, 4) is 0 Å². The zero-order chi connectivity index (χ0) is 12.8. The van der Waals surface area contributed by atoms with Crippen molar-refractivity contribution in [3.63, 3.8) is 0 Å². The van der Waals surface area contributed by atoms with Crippen LogP contribution in [0.15, 0.2) is 30.3 Å². The lowest BCUT2D eigenvalue weighted by atomic mass is 9.93. The lowest BCUT2D eigenvalue weighted by molar-refractivity contribution is -0.133. The van der Waals surface area contributed by atoms with Crippen LogP contribution in [0.1, 0.15) is 31.2 Å². The number of rotatable bonds is 4. The fourth-order valence-electron chi connectivity index (χ4n) is 2.33. The molecule has 0 saturated carbocycles. The molecular formula is C15H19NO2. The Bertz CT molecular complexity index is 414. The summed E-state index contributed by atoms with van der Waals surface area (Å²) in [6.45, 7) is 0.710. The average Bonchev–Trinajstić information content (AvgIpc) is 2.62. The minimum Gasteiger partial charge on any atom is -0.355 e. The molecule has 1 aromatic rings. The van der Waals surface area contributed by atoms with Gasteiger partial charge < -0.3 is 5.32 Å². The number of hydrogen-bond acceptors (Lipinski definition) is 2. The van der Waals surface area contributed by atoms with Gasteiger partial charge in [-0.25, -0.2) is 0 Å². The highest BCUT2D eigenvalue weighted by molar-refractivity contribution is 6.01. The maximum absolute atomic E-state index is 12.1. The van der Waals surface area contributed by atoms with Crippen LogP contribution in [0.2, 0.25) is 0 Å². The Balaban J connectivity index is 1.89. The Morgan fingerprint density at radius 1 is 1.22 bits per heavy atom. The molecule has 1 N–H and O–H groups in total. The number of aryl methyl sites for hydroxylation is 1. The molecule has 96 valence electrons. The molecule has 0 bridgehead atoms. The quantitative estimate of drug-likeness (QED) is 0.826. The zero-order valence-corrected chi connectivity index (χ0v) is 10.5. The van der Waals surface area contributed by atoms with Gasteiger partial charge in [0, 0.05) is 13.0 Å². The number of Topliss-reactive ketones (excluding diaryl/α,β-unsaturated/α-hetero) is 1. The van der Waals surface area contributed by atoms with Crippen LogP contribution in [-0.2, 0) is 16.0 Å². The number of nitrogens with one attached hydrogen (secondary N) is 1. The van der Waals surface area contributed by atoms with Crippen LogP contribution in [0.4, 0.5) is 0 Å². The van der Waals surface area contributed by atoms with Gasteiger partial charge >= 0.3 is 0 Å². The van der Waals surface area contributed by atoms with Crippen molar-refractivity contribution in [1.82, 2.24) is 5.32 Å². The number of carbonyl (C=O) groups is 2. The fourth-order valence-corrected chi connectivity index (χ4v) is 2.33. The van der Waals surface area contributed by atoms with Crippen molar-refractivity contribution in [3.05, 3.63) is 35.9 Å². The minimum absolute atomic E-state index is 0.0782. The molecular weight excluding hydrogens is 226 g/mol. The normalized spacial score (nSPS) is 20.0. The summed E-state index contributed by atoms with van der Waals surface area (Å²) in [6, 6.07) is 9.93. The van der Waals surface area contributed by atoms with E-state index in [9.17, 15) is 9.59 Å². The van der Waals surface area contributed by atoms with E-state index in [4.69, 9.17) is 0 Å². The third kappa shape index (κ3) is 3.42. The molecule has 0 radical (unpaired) electrons. The number of amides is 1. The largest absolute Gasteiger partial charge is 0.355 e. The summed E-state index contributed by atoms with van der Waals surface area (Å²) in [7, 11) is 0. The summed E-state index contributed by atoms with van der Waals surface area (Å²) in [5.41, 5.74) is 1.15. The molecule has 18 heavy (non-hydrogen) atoms. The van der Waals surface area contributed by atoms with Crippen LogP contribution < -0.4 is 5.32 Å². The van der Waals surface area contributed by atoms with Crippen LogP contribution in [0.3, 0.4) is 0 Å². The van der Waals surface area contributed by atoms with Crippen LogP contribution in [0.25, 0.3) is 0 Å². The van der Waals surface area contributed by atoms with Crippen LogP contribution in [-0.4, -0.2) is 18.2 Å². The van der Waals surface area contributed by atoms with Crippen molar-refractivity contribution in [2.75, 3.05) is 6.54 Å². The molecule has 1 atom stereocenters. The first-order chi connectivity index (χ1) is 8.77. The SMILES string of the molecule is O=C(CCc1ccccc1)C1CCCCNC1=O. The highest BCUT2D eigenvalue weighted by atomic mass is 16.2. The van der Waals surface area contributed by atoms with Gasteiger partial charge in [-0.2, -0.15) is 0 Å². The summed E-state index contributed by atoms with van der Waals surface area (Å²) >= 11 is 0. The van der Waals surface area contributed by atoms with Gasteiger partial charge in [0.2, 0.25) is 5.91 Å². The van der Waals surface area contributed by atoms with Crippen molar-refractivity contribution >= 4 is 11.7 Å². The number of carbonyl (C=O) groups excluding carboxylic acids is 2. The monoisotopic (exact) mass is 245 g/mol. The van der Waals surface area contributed by atoms with E-state index in [2.05, 4.69) is 5.32 Å². The minimum atomic E-state index is -0.420. The summed E-state index contributed by atoms with van der Waals surface area (Å²) in [4.78, 5) is 23.8. The maximum Gasteiger partial charge on any atom is 0.230 e. The molecule has 0 spiro atoms. The molecule has 1 unspecified atom stereocenters. The number of ketones is 1. The number of hydrogen-bond donors (Lipinski definition) is 1. The van der Waals surface area contributed by atoms with E-state index in [0.717, 1.165) is 24.8 Å². The van der Waals surface area contributed by atoms with Gasteiger partial charge in [-0.3, -0.25) is 9.59 Å². The van der Waals surface area contributed by atoms with Crippen LogP contribution in [0, 0.1) is 5.92 Å². The van der Waals surface area contributed by atoms with Gasteiger partial charge in [-0.05, 0) is 24.8 Å². The predicted octanol–water partition coefficient (Wildman–Crippen LogP) is 2.10. The molecule has 1 saturated heterocycles. The molecule has 1 aromatic carbocycles. The van der Waals surface area contributed by atoms with E-state index in [1.807, 2.05) is 30.3 Å². The Hall–Kier alpha value is -1.64. The van der Waals surface area contributed by atoms with Crippen molar-refractivity contribution in [2.24, 2.45) is 5.92 Å². The first-order valence-electron chi connectivity index (χ1n) is 6.62. The molecule has 1 aliphatic heterocycles. The van der Waals surface area contributed by atoms with Crippen molar-refractivity contribution in [1.29, 1.82) is 0 Å². The summed E-state index contributed by atoms with van der Waals surface area (Å²) < 4.78 is 0. The van der Waals surface area contributed by atoms with Gasteiger partial charge in [0.15, 0.2) is 0 Å². The third-order valence-electron chi connectivity index (χ3n) is 3.43. The molecule has 0 aliphatic carbocycles. The highest BCUT2D eigenvalue weighted by Crippen LogP contribution is 2.16. The predicted molar refractivity (Wildman–Crippen MR) is 70.1 cm³/mol. The topological polar surface area (TPSA) is 46.2 Å². The van der Waals surface area contributed by atoms with Gasteiger partial charge in [0.25, 0.3) is 0 Å². The van der Waals surface area contributed by atoms with E-state index >= 15 is 0 Å². The first kappa shape index (κ1) is 12.8. The van der Waals surface area contributed by atoms with E-state index < -0.39 is 5.92 Å². The van der Waals surface area contributed by atoms with Gasteiger partial charge in [-0.15, -0.1) is 0 Å². The molecule has 2 rings (SSSR count).